The van der Waals surface area contributed by atoms with Crippen LogP contribution in [0.4, 0.5) is 10.1 Å². The number of halogens is 1. The molecular weight excluding hydrogens is 407 g/mol. The first-order chi connectivity index (χ1) is 15.3. The summed E-state index contributed by atoms with van der Waals surface area (Å²) in [4.78, 5) is 33.9. The predicted octanol–water partition coefficient (Wildman–Crippen LogP) is 2.98. The molecule has 3 heterocycles. The van der Waals surface area contributed by atoms with Crippen LogP contribution in [-0.2, 0) is 9.59 Å². The highest BCUT2D eigenvalue weighted by molar-refractivity contribution is 5.86. The Kier molecular flexibility index (Phi) is 6.75. The fourth-order valence-corrected chi connectivity index (χ4v) is 5.87. The van der Waals surface area contributed by atoms with Gasteiger partial charge >= 0.3 is 0 Å². The van der Waals surface area contributed by atoms with Gasteiger partial charge in [0.2, 0.25) is 11.8 Å². The van der Waals surface area contributed by atoms with Gasteiger partial charge in [0, 0.05) is 70.5 Å². The molecule has 3 fully saturated rings. The average Bonchev–Trinajstić information content (AvgIpc) is 3.03. The van der Waals surface area contributed by atoms with E-state index in [1.807, 2.05) is 35.9 Å². The summed E-state index contributed by atoms with van der Waals surface area (Å²) in [6, 6.07) is 7.45. The van der Waals surface area contributed by atoms with Crippen molar-refractivity contribution in [2.75, 3.05) is 51.2 Å². The largest absolute Gasteiger partial charge is 0.369 e. The highest BCUT2D eigenvalue weighted by atomic mass is 19.1. The molecule has 0 aromatic heterocycles. The van der Waals surface area contributed by atoms with Crippen LogP contribution < -0.4 is 4.90 Å². The van der Waals surface area contributed by atoms with Gasteiger partial charge in [-0.15, -0.1) is 0 Å². The number of carbonyl (C=O) groups is 2. The van der Waals surface area contributed by atoms with Crippen molar-refractivity contribution in [2.45, 2.75) is 58.0 Å². The van der Waals surface area contributed by atoms with Crippen molar-refractivity contribution in [3.8, 4) is 0 Å². The van der Waals surface area contributed by atoms with Crippen molar-refractivity contribution in [2.24, 2.45) is 5.41 Å². The number of anilines is 1. The van der Waals surface area contributed by atoms with Gasteiger partial charge in [0.05, 0.1) is 5.41 Å². The molecule has 7 heteroatoms. The fraction of sp³-hybridized carbons (Fsp3) is 0.680. The molecule has 1 aromatic rings. The zero-order valence-electron chi connectivity index (χ0n) is 19.7. The van der Waals surface area contributed by atoms with E-state index in [2.05, 4.69) is 16.7 Å². The molecule has 0 saturated carbocycles. The lowest BCUT2D eigenvalue weighted by molar-refractivity contribution is -0.142. The number of hydrogen-bond donors (Lipinski definition) is 0. The van der Waals surface area contributed by atoms with Crippen LogP contribution in [0.1, 0.15) is 46.0 Å². The molecule has 32 heavy (non-hydrogen) atoms. The first-order valence-electron chi connectivity index (χ1n) is 12.1. The SMILES string of the molecule is CCC(=O)N1CCC2(CC1)C[C@H](CCN1CCN(c3ccc(F)cc3)C[C@H]1C)N(C)C2=O. The summed E-state index contributed by atoms with van der Waals surface area (Å²) < 4.78 is 13.2. The van der Waals surface area contributed by atoms with Gasteiger partial charge in [0.25, 0.3) is 0 Å². The summed E-state index contributed by atoms with van der Waals surface area (Å²) in [5.74, 6) is 0.278. The molecule has 0 unspecified atom stereocenters. The first kappa shape index (κ1) is 23.0. The topological polar surface area (TPSA) is 47.1 Å². The number of rotatable bonds is 5. The van der Waals surface area contributed by atoms with Crippen LogP contribution in [0.15, 0.2) is 24.3 Å². The van der Waals surface area contributed by atoms with Crippen molar-refractivity contribution in [3.05, 3.63) is 30.1 Å². The number of amides is 2. The fourth-order valence-electron chi connectivity index (χ4n) is 5.87. The molecule has 0 aliphatic carbocycles. The molecule has 1 aromatic carbocycles. The molecule has 2 amide bonds. The maximum absolute atomic E-state index is 13.2. The quantitative estimate of drug-likeness (QED) is 0.701. The van der Waals surface area contributed by atoms with E-state index in [1.54, 1.807) is 0 Å². The van der Waals surface area contributed by atoms with Crippen LogP contribution >= 0.6 is 0 Å². The van der Waals surface area contributed by atoms with Crippen molar-refractivity contribution < 1.29 is 14.0 Å². The number of benzene rings is 1. The Morgan fingerprint density at radius 1 is 1.12 bits per heavy atom. The van der Waals surface area contributed by atoms with Gasteiger partial charge in [-0.2, -0.15) is 0 Å². The van der Waals surface area contributed by atoms with Crippen molar-refractivity contribution in [3.63, 3.8) is 0 Å². The molecule has 3 aliphatic rings. The molecule has 3 aliphatic heterocycles. The minimum atomic E-state index is -0.267. The maximum Gasteiger partial charge on any atom is 0.228 e. The smallest absolute Gasteiger partial charge is 0.228 e. The number of piperazine rings is 1. The van der Waals surface area contributed by atoms with E-state index in [0.29, 0.717) is 25.6 Å². The van der Waals surface area contributed by atoms with Crippen molar-refractivity contribution in [1.29, 1.82) is 0 Å². The second kappa shape index (κ2) is 9.38. The highest BCUT2D eigenvalue weighted by Gasteiger charge is 2.51. The summed E-state index contributed by atoms with van der Waals surface area (Å²) in [5, 5.41) is 0. The van der Waals surface area contributed by atoms with Crippen molar-refractivity contribution >= 4 is 17.5 Å². The first-order valence-corrected chi connectivity index (χ1v) is 12.1. The Balaban J connectivity index is 1.29. The molecule has 1 spiro atoms. The third-order valence-electron chi connectivity index (χ3n) is 8.03. The molecule has 0 bridgehead atoms. The molecule has 4 rings (SSSR count). The van der Waals surface area contributed by atoms with Crippen LogP contribution in [0.3, 0.4) is 0 Å². The lowest BCUT2D eigenvalue weighted by Crippen LogP contribution is -2.52. The Bertz CT molecular complexity index is 822. The van der Waals surface area contributed by atoms with Crippen LogP contribution in [0.25, 0.3) is 0 Å². The summed E-state index contributed by atoms with van der Waals surface area (Å²) in [6.45, 7) is 9.39. The van der Waals surface area contributed by atoms with Crippen molar-refractivity contribution in [1.82, 2.24) is 14.7 Å². The lowest BCUT2D eigenvalue weighted by atomic mass is 9.75. The molecule has 6 nitrogen and oxygen atoms in total. The molecule has 176 valence electrons. The summed E-state index contributed by atoms with van der Waals surface area (Å²) in [6.07, 6.45) is 4.04. The minimum absolute atomic E-state index is 0.198. The third-order valence-corrected chi connectivity index (χ3v) is 8.03. The summed E-state index contributed by atoms with van der Waals surface area (Å²) >= 11 is 0. The van der Waals surface area contributed by atoms with Gasteiger partial charge in [0.1, 0.15) is 5.82 Å². The second-order valence-electron chi connectivity index (χ2n) is 9.88. The zero-order chi connectivity index (χ0) is 22.9. The number of piperidine rings is 1. The van der Waals surface area contributed by atoms with Gasteiger partial charge < -0.3 is 14.7 Å². The van der Waals surface area contributed by atoms with E-state index < -0.39 is 0 Å². The second-order valence-corrected chi connectivity index (χ2v) is 9.88. The van der Waals surface area contributed by atoms with E-state index in [4.69, 9.17) is 0 Å². The Morgan fingerprint density at radius 2 is 1.81 bits per heavy atom. The Morgan fingerprint density at radius 3 is 2.44 bits per heavy atom. The number of carbonyl (C=O) groups excluding carboxylic acids is 2. The van der Waals surface area contributed by atoms with E-state index in [-0.39, 0.29) is 29.1 Å². The van der Waals surface area contributed by atoms with E-state index in [9.17, 15) is 14.0 Å². The van der Waals surface area contributed by atoms with Crippen LogP contribution in [0.2, 0.25) is 0 Å². The van der Waals surface area contributed by atoms with Gasteiger partial charge in [-0.25, -0.2) is 4.39 Å². The monoisotopic (exact) mass is 444 g/mol. The molecule has 3 saturated heterocycles. The van der Waals surface area contributed by atoms with Crippen LogP contribution in [-0.4, -0.2) is 84.9 Å². The predicted molar refractivity (Wildman–Crippen MR) is 124 cm³/mol. The molecule has 2 atom stereocenters. The third kappa shape index (κ3) is 4.49. The van der Waals surface area contributed by atoms with E-state index in [1.165, 1.54) is 12.1 Å². The van der Waals surface area contributed by atoms with E-state index in [0.717, 1.165) is 57.5 Å². The van der Waals surface area contributed by atoms with Gasteiger partial charge in [-0.05, 0) is 56.9 Å². The molecule has 0 radical (unpaired) electrons. The molecular formula is C25H37FN4O2. The standard InChI is InChI=1S/C25H37FN4O2/c1-4-23(31)29-13-10-25(11-14-29)17-22(27(3)24(25)32)9-12-28-15-16-30(18-19(28)2)21-7-5-20(26)6-8-21/h5-8,19,22H,4,9-18H2,1-3H3/t19-,22+/m1/s1. The highest BCUT2D eigenvalue weighted by Crippen LogP contribution is 2.44. The number of hydrogen-bond acceptors (Lipinski definition) is 4. The number of likely N-dealkylation sites (tertiary alicyclic amines) is 2. The number of nitrogens with zero attached hydrogens (tertiary/aromatic N) is 4. The van der Waals surface area contributed by atoms with Gasteiger partial charge in [-0.3, -0.25) is 14.5 Å². The Hall–Kier alpha value is -2.15. The van der Waals surface area contributed by atoms with Crippen LogP contribution in [0.5, 0.6) is 0 Å². The minimum Gasteiger partial charge on any atom is -0.369 e. The molecule has 0 N–H and O–H groups in total. The summed E-state index contributed by atoms with van der Waals surface area (Å²) in [7, 11) is 1.96. The normalized spacial score (nSPS) is 26.2. The van der Waals surface area contributed by atoms with Gasteiger partial charge in [-0.1, -0.05) is 6.92 Å². The van der Waals surface area contributed by atoms with Crippen LogP contribution in [0, 0.1) is 11.2 Å². The zero-order valence-corrected chi connectivity index (χ0v) is 19.7. The average molecular weight is 445 g/mol. The van der Waals surface area contributed by atoms with E-state index >= 15 is 0 Å². The van der Waals surface area contributed by atoms with Gasteiger partial charge in [0.15, 0.2) is 0 Å². The summed E-state index contributed by atoms with van der Waals surface area (Å²) in [5.41, 5.74) is 0.811. The lowest BCUT2D eigenvalue weighted by Gasteiger charge is -2.41. The maximum atomic E-state index is 13.2. The Labute approximate surface area is 191 Å².